The van der Waals surface area contributed by atoms with Crippen LogP contribution in [0.2, 0.25) is 4.34 Å². The van der Waals surface area contributed by atoms with Crippen molar-refractivity contribution in [2.24, 2.45) is 0 Å². The zero-order valence-electron chi connectivity index (χ0n) is 12.6. The number of hydrogen-bond acceptors (Lipinski definition) is 4. The van der Waals surface area contributed by atoms with Crippen LogP contribution in [0.4, 0.5) is 4.39 Å². The first-order chi connectivity index (χ1) is 11.6. The third-order valence-electron chi connectivity index (χ3n) is 3.34. The third kappa shape index (κ3) is 4.43. The maximum Gasteiger partial charge on any atom is 0.220 e. The molecule has 1 amide bonds. The number of carbonyl (C=O) groups is 1. The summed E-state index contributed by atoms with van der Waals surface area (Å²) < 4.78 is 19.2. The largest absolute Gasteiger partial charge is 0.441 e. The smallest absolute Gasteiger partial charge is 0.220 e. The van der Waals surface area contributed by atoms with Gasteiger partial charge in [0.15, 0.2) is 11.7 Å². The van der Waals surface area contributed by atoms with Gasteiger partial charge in [-0.2, -0.15) is 0 Å². The number of nitrogens with zero attached hydrogens (tertiary/aromatic N) is 1. The van der Waals surface area contributed by atoms with Gasteiger partial charge in [0.2, 0.25) is 5.91 Å². The summed E-state index contributed by atoms with van der Waals surface area (Å²) in [6.07, 6.45) is 2.26. The summed E-state index contributed by atoms with van der Waals surface area (Å²) in [5.41, 5.74) is 0.745. The summed E-state index contributed by atoms with van der Waals surface area (Å²) in [5, 5.41) is 2.83. The van der Waals surface area contributed by atoms with E-state index in [0.717, 1.165) is 10.4 Å². The highest BCUT2D eigenvalue weighted by Crippen LogP contribution is 2.22. The monoisotopic (exact) mass is 364 g/mol. The van der Waals surface area contributed by atoms with Crippen molar-refractivity contribution >= 4 is 28.8 Å². The quantitative estimate of drug-likeness (QED) is 0.703. The number of nitrogens with one attached hydrogen (secondary N) is 1. The Labute approximate surface area is 147 Å². The number of benzene rings is 1. The van der Waals surface area contributed by atoms with Crippen LogP contribution in [0.1, 0.15) is 17.2 Å². The second-order valence-corrected chi connectivity index (χ2v) is 6.91. The second kappa shape index (κ2) is 7.59. The molecule has 0 saturated carbocycles. The van der Waals surface area contributed by atoms with Gasteiger partial charge < -0.3 is 9.73 Å². The Bertz CT molecular complexity index is 829. The lowest BCUT2D eigenvalue weighted by atomic mass is 10.2. The number of aryl methyl sites for hydroxylation is 1. The Balaban J connectivity index is 1.49. The Kier molecular flexibility index (Phi) is 5.27. The molecule has 124 valence electrons. The summed E-state index contributed by atoms with van der Waals surface area (Å²) in [5.74, 6) is 0.644. The van der Waals surface area contributed by atoms with Gasteiger partial charge in [-0.25, -0.2) is 9.37 Å². The van der Waals surface area contributed by atoms with Crippen molar-refractivity contribution in [1.29, 1.82) is 0 Å². The molecule has 7 heteroatoms. The van der Waals surface area contributed by atoms with Gasteiger partial charge in [0.1, 0.15) is 5.82 Å². The summed E-state index contributed by atoms with van der Waals surface area (Å²) >= 11 is 7.28. The summed E-state index contributed by atoms with van der Waals surface area (Å²) in [6, 6.07) is 9.66. The number of carbonyl (C=O) groups excluding carboxylic acids is 1. The summed E-state index contributed by atoms with van der Waals surface area (Å²) in [6.45, 7) is 0.461. The average molecular weight is 365 g/mol. The van der Waals surface area contributed by atoms with E-state index in [1.165, 1.54) is 23.5 Å². The van der Waals surface area contributed by atoms with E-state index in [2.05, 4.69) is 10.3 Å². The zero-order valence-corrected chi connectivity index (χ0v) is 14.2. The van der Waals surface area contributed by atoms with Crippen molar-refractivity contribution < 1.29 is 13.6 Å². The number of hydrogen-bond donors (Lipinski definition) is 1. The standard InChI is InChI=1S/C17H14ClFN2O2S/c18-15-6-5-13(24-15)9-20-16(22)7-8-17-21-10-14(23-17)11-1-3-12(19)4-2-11/h1-6,10H,7-9H2,(H,20,22). The minimum Gasteiger partial charge on any atom is -0.441 e. The number of amides is 1. The molecule has 4 nitrogen and oxygen atoms in total. The van der Waals surface area contributed by atoms with Crippen LogP contribution in [0.15, 0.2) is 47.0 Å². The molecule has 0 bridgehead atoms. The van der Waals surface area contributed by atoms with Gasteiger partial charge in [0.25, 0.3) is 0 Å². The fraction of sp³-hybridized carbons (Fsp3) is 0.176. The highest BCUT2D eigenvalue weighted by atomic mass is 35.5. The highest BCUT2D eigenvalue weighted by Gasteiger charge is 2.09. The number of thiophene rings is 1. The molecule has 0 radical (unpaired) electrons. The van der Waals surface area contributed by atoms with Gasteiger partial charge in [-0.05, 0) is 36.4 Å². The Morgan fingerprint density at radius 1 is 1.25 bits per heavy atom. The van der Waals surface area contributed by atoms with E-state index >= 15 is 0 Å². The normalized spacial score (nSPS) is 10.8. The minimum absolute atomic E-state index is 0.0824. The van der Waals surface area contributed by atoms with Crippen LogP contribution in [-0.2, 0) is 17.8 Å². The van der Waals surface area contributed by atoms with Gasteiger partial charge in [0, 0.05) is 23.3 Å². The van der Waals surface area contributed by atoms with Crippen LogP contribution in [-0.4, -0.2) is 10.9 Å². The molecule has 0 fully saturated rings. The minimum atomic E-state index is -0.304. The van der Waals surface area contributed by atoms with E-state index < -0.39 is 0 Å². The van der Waals surface area contributed by atoms with Gasteiger partial charge in [-0.1, -0.05) is 11.6 Å². The fourth-order valence-corrected chi connectivity index (χ4v) is 3.14. The molecular formula is C17H14ClFN2O2S. The van der Waals surface area contributed by atoms with Crippen molar-refractivity contribution in [2.45, 2.75) is 19.4 Å². The molecule has 3 aromatic rings. The SMILES string of the molecule is O=C(CCc1ncc(-c2ccc(F)cc2)o1)NCc1ccc(Cl)s1. The molecule has 0 unspecified atom stereocenters. The topological polar surface area (TPSA) is 55.1 Å². The molecule has 1 aromatic carbocycles. The molecule has 24 heavy (non-hydrogen) atoms. The first-order valence-electron chi connectivity index (χ1n) is 7.32. The average Bonchev–Trinajstić information content (AvgIpc) is 3.21. The number of halogens is 2. The van der Waals surface area contributed by atoms with Crippen LogP contribution < -0.4 is 5.32 Å². The molecule has 2 heterocycles. The molecule has 3 rings (SSSR count). The van der Waals surface area contributed by atoms with Crippen LogP contribution >= 0.6 is 22.9 Å². The zero-order chi connectivity index (χ0) is 16.9. The van der Waals surface area contributed by atoms with Crippen LogP contribution in [0.25, 0.3) is 11.3 Å². The van der Waals surface area contributed by atoms with Gasteiger partial charge in [-0.3, -0.25) is 4.79 Å². The Morgan fingerprint density at radius 2 is 2.04 bits per heavy atom. The van der Waals surface area contributed by atoms with E-state index in [1.807, 2.05) is 6.07 Å². The molecular weight excluding hydrogens is 351 g/mol. The van der Waals surface area contributed by atoms with Crippen LogP contribution in [0, 0.1) is 5.82 Å². The number of aromatic nitrogens is 1. The lowest BCUT2D eigenvalue weighted by Crippen LogP contribution is -2.22. The first kappa shape index (κ1) is 16.7. The maximum absolute atomic E-state index is 12.9. The van der Waals surface area contributed by atoms with Gasteiger partial charge in [0.05, 0.1) is 17.1 Å². The maximum atomic E-state index is 12.9. The summed E-state index contributed by atoms with van der Waals surface area (Å²) in [4.78, 5) is 17.0. The van der Waals surface area contributed by atoms with E-state index in [-0.39, 0.29) is 18.1 Å². The first-order valence-corrected chi connectivity index (χ1v) is 8.51. The molecule has 0 aliphatic rings. The van der Waals surface area contributed by atoms with E-state index in [9.17, 15) is 9.18 Å². The van der Waals surface area contributed by atoms with Gasteiger partial charge >= 0.3 is 0 Å². The summed E-state index contributed by atoms with van der Waals surface area (Å²) in [7, 11) is 0. The lowest BCUT2D eigenvalue weighted by molar-refractivity contribution is -0.121. The third-order valence-corrected chi connectivity index (χ3v) is 4.57. The van der Waals surface area contributed by atoms with Crippen molar-refractivity contribution in [3.05, 3.63) is 63.5 Å². The van der Waals surface area contributed by atoms with Gasteiger partial charge in [-0.15, -0.1) is 11.3 Å². The second-order valence-electron chi connectivity index (χ2n) is 5.11. The number of rotatable bonds is 6. The molecule has 0 aliphatic carbocycles. The molecule has 2 aromatic heterocycles. The fourth-order valence-electron chi connectivity index (χ4n) is 2.11. The van der Waals surface area contributed by atoms with Crippen LogP contribution in [0.3, 0.4) is 0 Å². The van der Waals surface area contributed by atoms with E-state index in [4.69, 9.17) is 16.0 Å². The Hall–Kier alpha value is -2.18. The lowest BCUT2D eigenvalue weighted by Gasteiger charge is -2.02. The molecule has 0 spiro atoms. The van der Waals surface area contributed by atoms with Crippen molar-refractivity contribution in [1.82, 2.24) is 10.3 Å². The van der Waals surface area contributed by atoms with Crippen LogP contribution in [0.5, 0.6) is 0 Å². The predicted molar refractivity (Wildman–Crippen MR) is 91.4 cm³/mol. The number of oxazole rings is 1. The Morgan fingerprint density at radius 3 is 2.75 bits per heavy atom. The molecule has 0 aliphatic heterocycles. The van der Waals surface area contributed by atoms with Crippen molar-refractivity contribution in [3.63, 3.8) is 0 Å². The van der Waals surface area contributed by atoms with Crippen molar-refractivity contribution in [3.8, 4) is 11.3 Å². The molecule has 0 atom stereocenters. The molecule has 0 saturated heterocycles. The van der Waals surface area contributed by atoms with E-state index in [0.29, 0.717) is 29.0 Å². The van der Waals surface area contributed by atoms with Crippen molar-refractivity contribution in [2.75, 3.05) is 0 Å². The van der Waals surface area contributed by atoms with E-state index in [1.54, 1.807) is 24.4 Å². The molecule has 1 N–H and O–H groups in total. The highest BCUT2D eigenvalue weighted by molar-refractivity contribution is 7.16. The predicted octanol–water partition coefficient (Wildman–Crippen LogP) is 4.44.